The Balaban J connectivity index is 2.01. The summed E-state index contributed by atoms with van der Waals surface area (Å²) < 4.78 is 18.4. The Morgan fingerprint density at radius 1 is 1.21 bits per heavy atom. The molecular weight excluding hydrogens is 245 g/mol. The zero-order valence-corrected chi connectivity index (χ0v) is 10.3. The summed E-state index contributed by atoms with van der Waals surface area (Å²) in [5, 5.41) is 11.1. The second-order valence-corrected chi connectivity index (χ2v) is 4.49. The van der Waals surface area contributed by atoms with Gasteiger partial charge in [0.1, 0.15) is 17.2 Å². The van der Waals surface area contributed by atoms with Crippen LogP contribution >= 0.6 is 0 Å². The number of hydrogen-bond acceptors (Lipinski definition) is 3. The molecule has 3 nitrogen and oxygen atoms in total. The molecule has 0 fully saturated rings. The topological polar surface area (TPSA) is 46.3 Å². The van der Waals surface area contributed by atoms with E-state index in [4.69, 9.17) is 4.42 Å². The van der Waals surface area contributed by atoms with E-state index in [-0.39, 0.29) is 0 Å². The van der Waals surface area contributed by atoms with Gasteiger partial charge in [0.15, 0.2) is 6.10 Å². The van der Waals surface area contributed by atoms with Gasteiger partial charge in [0, 0.05) is 5.39 Å². The third-order valence-corrected chi connectivity index (χ3v) is 2.99. The molecule has 0 spiro atoms. The molecule has 2 aromatic heterocycles. The molecule has 0 saturated heterocycles. The van der Waals surface area contributed by atoms with Gasteiger partial charge in [-0.1, -0.05) is 11.6 Å². The molecule has 96 valence electrons. The van der Waals surface area contributed by atoms with Gasteiger partial charge < -0.3 is 9.52 Å². The van der Waals surface area contributed by atoms with E-state index in [9.17, 15) is 9.50 Å². The van der Waals surface area contributed by atoms with Crippen molar-refractivity contribution in [2.75, 3.05) is 0 Å². The highest BCUT2D eigenvalue weighted by atomic mass is 19.1. The van der Waals surface area contributed by atoms with Gasteiger partial charge in [-0.3, -0.25) is 4.98 Å². The van der Waals surface area contributed by atoms with Crippen LogP contribution in [0.3, 0.4) is 0 Å². The maximum absolute atomic E-state index is 12.8. The predicted molar refractivity (Wildman–Crippen MR) is 69.2 cm³/mol. The highest BCUT2D eigenvalue weighted by Crippen LogP contribution is 2.27. The summed E-state index contributed by atoms with van der Waals surface area (Å²) in [6, 6.07) is 10.3. The first-order valence-electron chi connectivity index (χ1n) is 5.93. The molecule has 0 aliphatic carbocycles. The molecular formula is C15H12FNO2. The van der Waals surface area contributed by atoms with Crippen molar-refractivity contribution in [1.82, 2.24) is 4.98 Å². The largest absolute Gasteiger partial charge is 0.458 e. The van der Waals surface area contributed by atoms with Crippen molar-refractivity contribution in [1.29, 1.82) is 0 Å². The number of nitrogens with zero attached hydrogens (tertiary/aromatic N) is 1. The third kappa shape index (κ3) is 2.22. The molecule has 2 heterocycles. The standard InChI is InChI=1S/C15H12FNO2/c1-9-2-5-13-10(6-9)7-14(19-13)15(18)12-4-3-11(16)8-17-12/h2-8,15,18H,1H3. The first kappa shape index (κ1) is 11.9. The minimum absolute atomic E-state index is 0.358. The number of aryl methyl sites for hydroxylation is 1. The fourth-order valence-corrected chi connectivity index (χ4v) is 2.01. The quantitative estimate of drug-likeness (QED) is 0.765. The van der Waals surface area contributed by atoms with Crippen molar-refractivity contribution in [3.63, 3.8) is 0 Å². The van der Waals surface area contributed by atoms with Crippen LogP contribution in [0.25, 0.3) is 11.0 Å². The maximum atomic E-state index is 12.8. The van der Waals surface area contributed by atoms with Gasteiger partial charge in [0.05, 0.1) is 11.9 Å². The van der Waals surface area contributed by atoms with Crippen molar-refractivity contribution in [2.45, 2.75) is 13.0 Å². The van der Waals surface area contributed by atoms with Crippen LogP contribution < -0.4 is 0 Å². The molecule has 1 unspecified atom stereocenters. The molecule has 0 saturated carbocycles. The van der Waals surface area contributed by atoms with Gasteiger partial charge in [-0.05, 0) is 37.3 Å². The molecule has 1 N–H and O–H groups in total. The Bertz CT molecular complexity index is 719. The second-order valence-electron chi connectivity index (χ2n) is 4.49. The van der Waals surface area contributed by atoms with Gasteiger partial charge in [0.2, 0.25) is 0 Å². The number of benzene rings is 1. The lowest BCUT2D eigenvalue weighted by molar-refractivity contribution is 0.187. The van der Waals surface area contributed by atoms with E-state index in [1.54, 1.807) is 6.07 Å². The zero-order chi connectivity index (χ0) is 13.4. The van der Waals surface area contributed by atoms with Crippen LogP contribution in [0, 0.1) is 12.7 Å². The van der Waals surface area contributed by atoms with Gasteiger partial charge in [0.25, 0.3) is 0 Å². The third-order valence-electron chi connectivity index (χ3n) is 2.99. The van der Waals surface area contributed by atoms with Crippen LogP contribution in [0.15, 0.2) is 47.0 Å². The highest BCUT2D eigenvalue weighted by molar-refractivity contribution is 5.78. The van der Waals surface area contributed by atoms with E-state index in [1.807, 2.05) is 25.1 Å². The predicted octanol–water partition coefficient (Wildman–Crippen LogP) is 3.36. The molecule has 3 rings (SSSR count). The van der Waals surface area contributed by atoms with Crippen LogP contribution in [0.2, 0.25) is 0 Å². The summed E-state index contributed by atoms with van der Waals surface area (Å²) in [7, 11) is 0. The molecule has 4 heteroatoms. The van der Waals surface area contributed by atoms with Crippen LogP contribution in [0.4, 0.5) is 4.39 Å². The van der Waals surface area contributed by atoms with Gasteiger partial charge >= 0.3 is 0 Å². The van der Waals surface area contributed by atoms with Gasteiger partial charge in [-0.2, -0.15) is 0 Å². The van der Waals surface area contributed by atoms with E-state index >= 15 is 0 Å². The van der Waals surface area contributed by atoms with Crippen LogP contribution in [-0.2, 0) is 0 Å². The minimum Gasteiger partial charge on any atom is -0.458 e. The summed E-state index contributed by atoms with van der Waals surface area (Å²) in [4.78, 5) is 3.86. The highest BCUT2D eigenvalue weighted by Gasteiger charge is 2.16. The zero-order valence-electron chi connectivity index (χ0n) is 10.3. The summed E-state index contributed by atoms with van der Waals surface area (Å²) in [5.41, 5.74) is 2.19. The van der Waals surface area contributed by atoms with Crippen molar-refractivity contribution >= 4 is 11.0 Å². The lowest BCUT2D eigenvalue weighted by Gasteiger charge is -2.06. The molecule has 0 radical (unpaired) electrons. The van der Waals surface area contributed by atoms with Crippen LogP contribution in [0.5, 0.6) is 0 Å². The van der Waals surface area contributed by atoms with Crippen LogP contribution in [0.1, 0.15) is 23.1 Å². The smallest absolute Gasteiger partial charge is 0.153 e. The Morgan fingerprint density at radius 2 is 2.05 bits per heavy atom. The Labute approximate surface area is 109 Å². The molecule has 0 bridgehead atoms. The molecule has 0 aliphatic rings. The maximum Gasteiger partial charge on any atom is 0.153 e. The van der Waals surface area contributed by atoms with Gasteiger partial charge in [-0.25, -0.2) is 4.39 Å². The van der Waals surface area contributed by atoms with Crippen molar-refractivity contribution < 1.29 is 13.9 Å². The average Bonchev–Trinajstić information content (AvgIpc) is 2.81. The van der Waals surface area contributed by atoms with Crippen molar-refractivity contribution in [3.05, 3.63) is 65.4 Å². The van der Waals surface area contributed by atoms with E-state index in [0.717, 1.165) is 17.1 Å². The number of hydrogen-bond donors (Lipinski definition) is 1. The lowest BCUT2D eigenvalue weighted by atomic mass is 10.1. The second kappa shape index (κ2) is 4.48. The number of furan rings is 1. The van der Waals surface area contributed by atoms with E-state index < -0.39 is 11.9 Å². The molecule has 1 atom stereocenters. The lowest BCUT2D eigenvalue weighted by Crippen LogP contribution is -2.00. The Morgan fingerprint density at radius 3 is 2.79 bits per heavy atom. The first-order chi connectivity index (χ1) is 9.13. The fraction of sp³-hybridized carbons (Fsp3) is 0.133. The minimum atomic E-state index is -0.992. The number of pyridine rings is 1. The number of fused-ring (bicyclic) bond motifs is 1. The number of rotatable bonds is 2. The fourth-order valence-electron chi connectivity index (χ4n) is 2.01. The normalized spacial score (nSPS) is 12.8. The number of halogens is 1. The number of aromatic nitrogens is 1. The molecule has 0 amide bonds. The number of aliphatic hydroxyl groups is 1. The number of aliphatic hydroxyl groups excluding tert-OH is 1. The Hall–Kier alpha value is -2.20. The summed E-state index contributed by atoms with van der Waals surface area (Å²) in [6.45, 7) is 1.99. The van der Waals surface area contributed by atoms with Gasteiger partial charge in [-0.15, -0.1) is 0 Å². The van der Waals surface area contributed by atoms with Crippen molar-refractivity contribution in [3.8, 4) is 0 Å². The molecule has 0 aliphatic heterocycles. The summed E-state index contributed by atoms with van der Waals surface area (Å²) >= 11 is 0. The molecule has 1 aromatic carbocycles. The first-order valence-corrected chi connectivity index (χ1v) is 5.93. The summed E-state index contributed by atoms with van der Waals surface area (Å²) in [5.74, 6) is -0.0316. The van der Waals surface area contributed by atoms with E-state index in [2.05, 4.69) is 4.98 Å². The van der Waals surface area contributed by atoms with E-state index in [0.29, 0.717) is 17.0 Å². The SMILES string of the molecule is Cc1ccc2oc(C(O)c3ccc(F)cn3)cc2c1. The summed E-state index contributed by atoms with van der Waals surface area (Å²) in [6.07, 6.45) is 0.0824. The van der Waals surface area contributed by atoms with Crippen LogP contribution in [-0.4, -0.2) is 10.1 Å². The van der Waals surface area contributed by atoms with E-state index in [1.165, 1.54) is 12.1 Å². The Kier molecular flexibility index (Phi) is 2.80. The monoisotopic (exact) mass is 257 g/mol. The molecule has 3 aromatic rings. The molecule has 19 heavy (non-hydrogen) atoms. The average molecular weight is 257 g/mol. The van der Waals surface area contributed by atoms with Crippen molar-refractivity contribution in [2.24, 2.45) is 0 Å².